The van der Waals surface area contributed by atoms with E-state index in [1.165, 1.54) is 19.1 Å². The first-order valence-corrected chi connectivity index (χ1v) is 9.69. The number of hydrogen-bond donors (Lipinski definition) is 1. The number of anilines is 3. The van der Waals surface area contributed by atoms with E-state index in [-0.39, 0.29) is 24.1 Å². The van der Waals surface area contributed by atoms with E-state index in [2.05, 4.69) is 5.32 Å². The minimum absolute atomic E-state index is 0.0107. The number of ether oxygens (including phenoxy) is 2. The van der Waals surface area contributed by atoms with Gasteiger partial charge in [0.2, 0.25) is 11.8 Å². The highest BCUT2D eigenvalue weighted by atomic mass is 16.5. The Bertz CT molecular complexity index is 1040. The maximum atomic E-state index is 13.0. The molecular formula is C22H23N3O5. The third kappa shape index (κ3) is 3.34. The van der Waals surface area contributed by atoms with Crippen LogP contribution in [0.1, 0.15) is 18.9 Å². The number of carbonyl (C=O) groups is 3. The highest BCUT2D eigenvalue weighted by molar-refractivity contribution is 6.23. The van der Waals surface area contributed by atoms with Gasteiger partial charge in [-0.05, 0) is 42.3 Å². The van der Waals surface area contributed by atoms with Gasteiger partial charge in [0, 0.05) is 30.9 Å². The molecule has 2 heterocycles. The number of amides is 3. The van der Waals surface area contributed by atoms with Gasteiger partial charge in [-0.15, -0.1) is 0 Å². The van der Waals surface area contributed by atoms with Gasteiger partial charge >= 0.3 is 0 Å². The fourth-order valence-electron chi connectivity index (χ4n) is 4.00. The summed E-state index contributed by atoms with van der Waals surface area (Å²) in [5.74, 6) is 0.372. The summed E-state index contributed by atoms with van der Waals surface area (Å²) < 4.78 is 10.5. The number of fused-ring (bicyclic) bond motifs is 1. The number of imide groups is 1. The standard InChI is InChI=1S/C22H23N3O5/c1-13(26)24-9-8-14-10-15(4-6-18(14)24)23-17-12-21(27)25(22(17)28)16-5-7-19(29-2)20(11-16)30-3/h4-7,10-11,17,23H,8-9,12H2,1-3H3/t17-/m1/s1. The minimum Gasteiger partial charge on any atom is -0.493 e. The first kappa shape index (κ1) is 19.8. The molecule has 1 fully saturated rings. The van der Waals surface area contributed by atoms with Gasteiger partial charge < -0.3 is 19.7 Å². The van der Waals surface area contributed by atoms with Crippen molar-refractivity contribution in [3.05, 3.63) is 42.0 Å². The summed E-state index contributed by atoms with van der Waals surface area (Å²) in [5.41, 5.74) is 3.13. The summed E-state index contributed by atoms with van der Waals surface area (Å²) in [6, 6.07) is 9.92. The van der Waals surface area contributed by atoms with E-state index >= 15 is 0 Å². The second-order valence-electron chi connectivity index (χ2n) is 7.27. The third-order valence-corrected chi connectivity index (χ3v) is 5.47. The zero-order valence-corrected chi connectivity index (χ0v) is 17.1. The second kappa shape index (κ2) is 7.70. The van der Waals surface area contributed by atoms with Crippen LogP contribution >= 0.6 is 0 Å². The van der Waals surface area contributed by atoms with Gasteiger partial charge in [-0.2, -0.15) is 0 Å². The number of benzene rings is 2. The number of nitrogens with zero attached hydrogens (tertiary/aromatic N) is 2. The van der Waals surface area contributed by atoms with Crippen LogP contribution in [0.5, 0.6) is 11.5 Å². The van der Waals surface area contributed by atoms with Gasteiger partial charge in [-0.25, -0.2) is 4.90 Å². The molecule has 1 atom stereocenters. The maximum Gasteiger partial charge on any atom is 0.256 e. The first-order chi connectivity index (χ1) is 14.4. The quantitative estimate of drug-likeness (QED) is 0.763. The lowest BCUT2D eigenvalue weighted by Crippen LogP contribution is -2.34. The average Bonchev–Trinajstić information content (AvgIpc) is 3.28. The number of methoxy groups -OCH3 is 2. The summed E-state index contributed by atoms with van der Waals surface area (Å²) in [5, 5.41) is 3.17. The molecule has 3 amide bonds. The van der Waals surface area contributed by atoms with E-state index in [4.69, 9.17) is 9.47 Å². The van der Waals surface area contributed by atoms with Crippen LogP contribution in [0.25, 0.3) is 0 Å². The van der Waals surface area contributed by atoms with Crippen molar-refractivity contribution in [2.24, 2.45) is 0 Å². The van der Waals surface area contributed by atoms with Crippen molar-refractivity contribution in [3.63, 3.8) is 0 Å². The summed E-state index contributed by atoms with van der Waals surface area (Å²) >= 11 is 0. The van der Waals surface area contributed by atoms with Gasteiger partial charge in [0.05, 0.1) is 26.3 Å². The highest BCUT2D eigenvalue weighted by Crippen LogP contribution is 2.35. The van der Waals surface area contributed by atoms with Crippen LogP contribution in [0, 0.1) is 0 Å². The van der Waals surface area contributed by atoms with Crippen molar-refractivity contribution in [1.29, 1.82) is 0 Å². The smallest absolute Gasteiger partial charge is 0.256 e. The van der Waals surface area contributed by atoms with E-state index in [0.29, 0.717) is 23.7 Å². The zero-order chi connectivity index (χ0) is 21.4. The molecule has 4 rings (SSSR count). The summed E-state index contributed by atoms with van der Waals surface area (Å²) in [4.78, 5) is 40.2. The van der Waals surface area contributed by atoms with Crippen LogP contribution < -0.4 is 24.6 Å². The molecule has 0 aromatic heterocycles. The molecule has 8 heteroatoms. The Morgan fingerprint density at radius 3 is 2.53 bits per heavy atom. The SMILES string of the molecule is COc1ccc(N2C(=O)C[C@@H](Nc3ccc4c(c3)CCN4C(C)=O)C2=O)cc1OC. The molecule has 1 saturated heterocycles. The van der Waals surface area contributed by atoms with Crippen LogP contribution in [0.4, 0.5) is 17.1 Å². The molecule has 0 spiro atoms. The van der Waals surface area contributed by atoms with Crippen molar-refractivity contribution >= 4 is 34.8 Å². The lowest BCUT2D eigenvalue weighted by Gasteiger charge is -2.18. The summed E-state index contributed by atoms with van der Waals surface area (Å²) in [6.45, 7) is 2.20. The van der Waals surface area contributed by atoms with Crippen molar-refractivity contribution in [2.75, 3.05) is 35.9 Å². The molecule has 0 radical (unpaired) electrons. The van der Waals surface area contributed by atoms with E-state index in [1.807, 2.05) is 18.2 Å². The van der Waals surface area contributed by atoms with Crippen molar-refractivity contribution in [1.82, 2.24) is 0 Å². The van der Waals surface area contributed by atoms with E-state index < -0.39 is 6.04 Å². The third-order valence-electron chi connectivity index (χ3n) is 5.47. The van der Waals surface area contributed by atoms with Crippen LogP contribution in [0.15, 0.2) is 36.4 Å². The Hall–Kier alpha value is -3.55. The van der Waals surface area contributed by atoms with Crippen molar-refractivity contribution in [3.8, 4) is 11.5 Å². The Morgan fingerprint density at radius 2 is 1.83 bits per heavy atom. The number of rotatable bonds is 5. The van der Waals surface area contributed by atoms with E-state index in [0.717, 1.165) is 23.4 Å². The Morgan fingerprint density at radius 1 is 1.07 bits per heavy atom. The molecular weight excluding hydrogens is 386 g/mol. The zero-order valence-electron chi connectivity index (χ0n) is 17.1. The highest BCUT2D eigenvalue weighted by Gasteiger charge is 2.40. The molecule has 2 aromatic rings. The monoisotopic (exact) mass is 409 g/mol. The molecule has 8 nitrogen and oxygen atoms in total. The predicted octanol–water partition coefficient (Wildman–Crippen LogP) is 2.36. The normalized spacial score (nSPS) is 17.9. The van der Waals surface area contributed by atoms with Gasteiger partial charge in [0.25, 0.3) is 5.91 Å². The minimum atomic E-state index is -0.658. The molecule has 156 valence electrons. The maximum absolute atomic E-state index is 13.0. The Kier molecular flexibility index (Phi) is 5.07. The van der Waals surface area contributed by atoms with Gasteiger partial charge in [-0.1, -0.05) is 0 Å². The molecule has 30 heavy (non-hydrogen) atoms. The largest absolute Gasteiger partial charge is 0.493 e. The Labute approximate surface area is 174 Å². The molecule has 2 aliphatic rings. The van der Waals surface area contributed by atoms with Crippen LogP contribution in [0.3, 0.4) is 0 Å². The number of hydrogen-bond acceptors (Lipinski definition) is 6. The lowest BCUT2D eigenvalue weighted by molar-refractivity contribution is -0.121. The summed E-state index contributed by atoms with van der Waals surface area (Å²) in [6.07, 6.45) is 0.823. The molecule has 0 unspecified atom stereocenters. The molecule has 2 aliphatic heterocycles. The fourth-order valence-corrected chi connectivity index (χ4v) is 4.00. The van der Waals surface area contributed by atoms with Crippen LogP contribution in [-0.4, -0.2) is 44.5 Å². The van der Waals surface area contributed by atoms with Crippen LogP contribution in [-0.2, 0) is 20.8 Å². The van der Waals surface area contributed by atoms with Crippen LogP contribution in [0.2, 0.25) is 0 Å². The topological polar surface area (TPSA) is 88.2 Å². The van der Waals surface area contributed by atoms with Gasteiger partial charge in [-0.3, -0.25) is 14.4 Å². The molecule has 0 aliphatic carbocycles. The number of nitrogens with one attached hydrogen (secondary N) is 1. The first-order valence-electron chi connectivity index (χ1n) is 9.69. The summed E-state index contributed by atoms with van der Waals surface area (Å²) in [7, 11) is 3.02. The molecule has 0 saturated carbocycles. The van der Waals surface area contributed by atoms with Crippen molar-refractivity contribution < 1.29 is 23.9 Å². The Balaban J connectivity index is 1.53. The molecule has 2 aromatic carbocycles. The molecule has 1 N–H and O–H groups in total. The van der Waals surface area contributed by atoms with Crippen molar-refractivity contribution in [2.45, 2.75) is 25.8 Å². The van der Waals surface area contributed by atoms with Gasteiger partial charge in [0.15, 0.2) is 11.5 Å². The molecule has 0 bridgehead atoms. The van der Waals surface area contributed by atoms with Gasteiger partial charge in [0.1, 0.15) is 6.04 Å². The average molecular weight is 409 g/mol. The van der Waals surface area contributed by atoms with E-state index in [1.54, 1.807) is 30.0 Å². The van der Waals surface area contributed by atoms with E-state index in [9.17, 15) is 14.4 Å². The lowest BCUT2D eigenvalue weighted by atomic mass is 10.1. The second-order valence-corrected chi connectivity index (χ2v) is 7.27. The predicted molar refractivity (Wildman–Crippen MR) is 112 cm³/mol. The fraction of sp³-hybridized carbons (Fsp3) is 0.318. The number of carbonyl (C=O) groups excluding carboxylic acids is 3.